The van der Waals surface area contributed by atoms with Crippen LogP contribution in [0.5, 0.6) is 0 Å². The van der Waals surface area contributed by atoms with Crippen LogP contribution in [0, 0.1) is 0 Å². The summed E-state index contributed by atoms with van der Waals surface area (Å²) in [6.07, 6.45) is 6.57. The predicted molar refractivity (Wildman–Crippen MR) is 108 cm³/mol. The SMILES string of the molecule is C[C@@H]1NC(=O)N[C@@H]1CCCCCC(=O)Nc1ccc2c3c(cccc13)CC2. The lowest BCUT2D eigenvalue weighted by atomic mass is 10.0. The van der Waals surface area contributed by atoms with Crippen LogP contribution in [-0.2, 0) is 17.6 Å². The molecule has 1 fully saturated rings. The lowest BCUT2D eigenvalue weighted by Crippen LogP contribution is -2.30. The number of urea groups is 1. The minimum atomic E-state index is -0.0720. The van der Waals surface area contributed by atoms with Crippen molar-refractivity contribution in [3.05, 3.63) is 41.5 Å². The number of unbranched alkanes of at least 4 members (excludes halogenated alkanes) is 2. The fraction of sp³-hybridized carbons (Fsp3) is 0.455. The predicted octanol–water partition coefficient (Wildman–Crippen LogP) is 3.90. The standard InChI is InChI=1S/C22H27N3O2/c1-14-18(25-22(27)23-14)8-3-2-4-9-20(26)24-19-13-12-16-11-10-15-6-5-7-17(19)21(15)16/h5-7,12-14,18H,2-4,8-11H2,1H3,(H,24,26)(H2,23,25,27)/t14-,18+/m0/s1. The maximum atomic E-state index is 12.4. The zero-order valence-electron chi connectivity index (χ0n) is 15.8. The summed E-state index contributed by atoms with van der Waals surface area (Å²) in [6, 6.07) is 10.9. The third kappa shape index (κ3) is 3.77. The lowest BCUT2D eigenvalue weighted by Gasteiger charge is -2.13. The maximum Gasteiger partial charge on any atom is 0.315 e. The molecule has 0 aromatic heterocycles. The number of hydrogen-bond donors (Lipinski definition) is 3. The summed E-state index contributed by atoms with van der Waals surface area (Å²) < 4.78 is 0. The number of carbonyl (C=O) groups excluding carboxylic acids is 2. The lowest BCUT2D eigenvalue weighted by molar-refractivity contribution is -0.116. The number of amides is 3. The first kappa shape index (κ1) is 17.8. The molecule has 4 rings (SSSR count). The van der Waals surface area contributed by atoms with Crippen molar-refractivity contribution in [2.24, 2.45) is 0 Å². The van der Waals surface area contributed by atoms with Crippen molar-refractivity contribution in [1.82, 2.24) is 10.6 Å². The molecule has 142 valence electrons. The molecule has 3 N–H and O–H groups in total. The molecule has 5 heteroatoms. The van der Waals surface area contributed by atoms with Gasteiger partial charge in [-0.2, -0.15) is 0 Å². The van der Waals surface area contributed by atoms with Gasteiger partial charge in [0.2, 0.25) is 5.91 Å². The summed E-state index contributed by atoms with van der Waals surface area (Å²) in [5.41, 5.74) is 3.71. The number of anilines is 1. The normalized spacial score (nSPS) is 20.6. The zero-order chi connectivity index (χ0) is 18.8. The van der Waals surface area contributed by atoms with Crippen molar-refractivity contribution in [3.8, 4) is 0 Å². The van der Waals surface area contributed by atoms with Crippen LogP contribution in [0.15, 0.2) is 30.3 Å². The van der Waals surface area contributed by atoms with Gasteiger partial charge in [0.1, 0.15) is 0 Å². The number of rotatable bonds is 7. The Morgan fingerprint density at radius 1 is 1.07 bits per heavy atom. The first-order valence-electron chi connectivity index (χ1n) is 10.0. The van der Waals surface area contributed by atoms with Gasteiger partial charge in [-0.05, 0) is 55.2 Å². The topological polar surface area (TPSA) is 70.2 Å². The van der Waals surface area contributed by atoms with E-state index in [1.54, 1.807) is 0 Å². The highest BCUT2D eigenvalue weighted by molar-refractivity contribution is 6.05. The second-order valence-electron chi connectivity index (χ2n) is 7.77. The van der Waals surface area contributed by atoms with Gasteiger partial charge < -0.3 is 16.0 Å². The first-order chi connectivity index (χ1) is 13.1. The molecule has 1 saturated heterocycles. The fourth-order valence-corrected chi connectivity index (χ4v) is 4.36. The molecule has 2 aromatic carbocycles. The molecule has 2 aliphatic rings. The minimum Gasteiger partial charge on any atom is -0.334 e. The van der Waals surface area contributed by atoms with Crippen LogP contribution in [0.3, 0.4) is 0 Å². The molecule has 0 spiro atoms. The van der Waals surface area contributed by atoms with E-state index in [0.29, 0.717) is 6.42 Å². The van der Waals surface area contributed by atoms with E-state index in [1.165, 1.54) is 16.5 Å². The van der Waals surface area contributed by atoms with Crippen LogP contribution in [0.1, 0.15) is 50.2 Å². The number of hydrogen-bond acceptors (Lipinski definition) is 2. The Labute approximate surface area is 159 Å². The highest BCUT2D eigenvalue weighted by Gasteiger charge is 2.26. The number of carbonyl (C=O) groups is 2. The summed E-state index contributed by atoms with van der Waals surface area (Å²) in [5.74, 6) is 0.0814. The van der Waals surface area contributed by atoms with E-state index in [4.69, 9.17) is 0 Å². The zero-order valence-corrected chi connectivity index (χ0v) is 15.8. The van der Waals surface area contributed by atoms with Crippen LogP contribution in [0.25, 0.3) is 10.8 Å². The van der Waals surface area contributed by atoms with Gasteiger partial charge in [0.15, 0.2) is 0 Å². The van der Waals surface area contributed by atoms with E-state index in [1.807, 2.05) is 13.0 Å². The van der Waals surface area contributed by atoms with Gasteiger partial charge in [0.25, 0.3) is 0 Å². The van der Waals surface area contributed by atoms with Crippen LogP contribution in [0.2, 0.25) is 0 Å². The maximum absolute atomic E-state index is 12.4. The van der Waals surface area contributed by atoms with Crippen LogP contribution in [0.4, 0.5) is 10.5 Å². The number of benzene rings is 2. The summed E-state index contributed by atoms with van der Waals surface area (Å²) >= 11 is 0. The van der Waals surface area contributed by atoms with E-state index in [2.05, 4.69) is 40.2 Å². The molecule has 3 amide bonds. The molecule has 2 atom stereocenters. The van der Waals surface area contributed by atoms with E-state index in [0.717, 1.165) is 49.6 Å². The van der Waals surface area contributed by atoms with Crippen molar-refractivity contribution in [2.75, 3.05) is 5.32 Å². The molecule has 0 saturated carbocycles. The number of aryl methyl sites for hydroxylation is 2. The monoisotopic (exact) mass is 365 g/mol. The second kappa shape index (κ2) is 7.59. The van der Waals surface area contributed by atoms with Crippen LogP contribution in [-0.4, -0.2) is 24.0 Å². The summed E-state index contributed by atoms with van der Waals surface area (Å²) in [7, 11) is 0. The van der Waals surface area contributed by atoms with Gasteiger partial charge in [-0.3, -0.25) is 4.79 Å². The van der Waals surface area contributed by atoms with E-state index in [9.17, 15) is 9.59 Å². The van der Waals surface area contributed by atoms with E-state index < -0.39 is 0 Å². The Kier molecular flexibility index (Phi) is 5.01. The molecule has 2 aromatic rings. The van der Waals surface area contributed by atoms with Crippen LogP contribution < -0.4 is 16.0 Å². The summed E-state index contributed by atoms with van der Waals surface area (Å²) in [5, 5.41) is 11.4. The number of nitrogens with one attached hydrogen (secondary N) is 3. The molecule has 1 aliphatic heterocycles. The Morgan fingerprint density at radius 3 is 2.67 bits per heavy atom. The Balaban J connectivity index is 1.26. The average molecular weight is 365 g/mol. The molecule has 27 heavy (non-hydrogen) atoms. The van der Waals surface area contributed by atoms with E-state index >= 15 is 0 Å². The highest BCUT2D eigenvalue weighted by Crippen LogP contribution is 2.35. The van der Waals surface area contributed by atoms with Gasteiger partial charge in [0, 0.05) is 23.5 Å². The third-order valence-electron chi connectivity index (χ3n) is 5.85. The molecular formula is C22H27N3O2. The first-order valence-corrected chi connectivity index (χ1v) is 10.0. The van der Waals surface area contributed by atoms with Gasteiger partial charge in [0.05, 0.1) is 6.04 Å². The Hall–Kier alpha value is -2.56. The van der Waals surface area contributed by atoms with E-state index in [-0.39, 0.29) is 24.0 Å². The molecule has 0 radical (unpaired) electrons. The van der Waals surface area contributed by atoms with Gasteiger partial charge in [-0.15, -0.1) is 0 Å². The summed E-state index contributed by atoms with van der Waals surface area (Å²) in [6.45, 7) is 2.02. The van der Waals surface area contributed by atoms with Crippen molar-refractivity contribution < 1.29 is 9.59 Å². The van der Waals surface area contributed by atoms with Crippen molar-refractivity contribution >= 4 is 28.4 Å². The molecule has 1 aliphatic carbocycles. The average Bonchev–Trinajstić information content (AvgIpc) is 3.21. The fourth-order valence-electron chi connectivity index (χ4n) is 4.36. The van der Waals surface area contributed by atoms with Crippen molar-refractivity contribution in [1.29, 1.82) is 0 Å². The smallest absolute Gasteiger partial charge is 0.315 e. The van der Waals surface area contributed by atoms with Crippen molar-refractivity contribution in [3.63, 3.8) is 0 Å². The molecule has 0 unspecified atom stereocenters. The minimum absolute atomic E-state index is 0.0720. The molecule has 0 bridgehead atoms. The molecule has 5 nitrogen and oxygen atoms in total. The largest absolute Gasteiger partial charge is 0.334 e. The quantitative estimate of drug-likeness (QED) is 0.651. The molecule has 1 heterocycles. The van der Waals surface area contributed by atoms with Crippen molar-refractivity contribution in [2.45, 2.75) is 64.0 Å². The van der Waals surface area contributed by atoms with Gasteiger partial charge >= 0.3 is 6.03 Å². The third-order valence-corrected chi connectivity index (χ3v) is 5.85. The van der Waals surface area contributed by atoms with Crippen LogP contribution >= 0.6 is 0 Å². The molecular weight excluding hydrogens is 338 g/mol. The Morgan fingerprint density at radius 2 is 1.89 bits per heavy atom. The van der Waals surface area contributed by atoms with Gasteiger partial charge in [-0.1, -0.05) is 37.1 Å². The second-order valence-corrected chi connectivity index (χ2v) is 7.77. The highest BCUT2D eigenvalue weighted by atomic mass is 16.2. The van der Waals surface area contributed by atoms with Gasteiger partial charge in [-0.25, -0.2) is 4.79 Å². The Bertz CT molecular complexity index is 867. The summed E-state index contributed by atoms with van der Waals surface area (Å²) in [4.78, 5) is 23.7.